The van der Waals surface area contributed by atoms with Crippen LogP contribution in [-0.2, 0) is 0 Å². The Morgan fingerprint density at radius 1 is 0.850 bits per heavy atom. The van der Waals surface area contributed by atoms with Crippen LogP contribution in [-0.4, -0.2) is 46.5 Å². The number of hydrogen-bond donors (Lipinski definition) is 2. The molecule has 2 saturated carbocycles. The minimum Gasteiger partial charge on any atom is -0.393 e. The number of nitrogens with zero attached hydrogens (tertiary/aromatic N) is 1. The number of rotatable bonds is 3. The van der Waals surface area contributed by atoms with E-state index in [4.69, 9.17) is 10.2 Å². The molecule has 20 heavy (non-hydrogen) atoms. The first-order chi connectivity index (χ1) is 9.44. The maximum Gasteiger partial charge on any atom is 0.0821 e. The van der Waals surface area contributed by atoms with Gasteiger partial charge in [0.1, 0.15) is 0 Å². The fourth-order valence-corrected chi connectivity index (χ4v) is 3.27. The van der Waals surface area contributed by atoms with Crippen LogP contribution in [0.1, 0.15) is 78.1 Å². The summed E-state index contributed by atoms with van der Waals surface area (Å²) < 4.78 is 0. The van der Waals surface area contributed by atoms with E-state index in [1.54, 1.807) is 13.8 Å². The third kappa shape index (κ3) is 7.05. The molecule has 0 radical (unpaired) electrons. The first-order valence-corrected chi connectivity index (χ1v) is 8.49. The van der Waals surface area contributed by atoms with E-state index in [0.29, 0.717) is 0 Å². The van der Waals surface area contributed by atoms with Crippen LogP contribution < -0.4 is 0 Å². The van der Waals surface area contributed by atoms with Crippen LogP contribution in [0.4, 0.5) is 0 Å². The topological polar surface area (TPSA) is 43.7 Å². The van der Waals surface area contributed by atoms with Gasteiger partial charge in [0.2, 0.25) is 0 Å². The van der Waals surface area contributed by atoms with Crippen molar-refractivity contribution in [3.63, 3.8) is 0 Å². The highest BCUT2D eigenvalue weighted by Crippen LogP contribution is 2.28. The summed E-state index contributed by atoms with van der Waals surface area (Å²) in [5.74, 6) is 0. The van der Waals surface area contributed by atoms with Gasteiger partial charge in [-0.15, -0.1) is 0 Å². The highest BCUT2D eigenvalue weighted by atomic mass is 16.3. The molecule has 0 amide bonds. The van der Waals surface area contributed by atoms with Gasteiger partial charge in [0.25, 0.3) is 0 Å². The molecule has 2 fully saturated rings. The normalized spacial score (nSPS) is 22.5. The third-order valence-electron chi connectivity index (χ3n) is 4.69. The zero-order valence-electron chi connectivity index (χ0n) is 13.8. The highest BCUT2D eigenvalue weighted by molar-refractivity contribution is 4.81. The van der Waals surface area contributed by atoms with E-state index >= 15 is 0 Å². The van der Waals surface area contributed by atoms with Crippen molar-refractivity contribution >= 4 is 0 Å². The second kappa shape index (κ2) is 9.01. The minimum absolute atomic E-state index is 0.174. The van der Waals surface area contributed by atoms with Gasteiger partial charge in [-0.05, 0) is 46.6 Å². The third-order valence-corrected chi connectivity index (χ3v) is 4.69. The lowest BCUT2D eigenvalue weighted by Crippen LogP contribution is -2.42. The van der Waals surface area contributed by atoms with Gasteiger partial charge in [-0.25, -0.2) is 0 Å². The van der Waals surface area contributed by atoms with Gasteiger partial charge in [-0.1, -0.05) is 38.5 Å². The van der Waals surface area contributed by atoms with Crippen LogP contribution in [0.3, 0.4) is 0 Å². The molecule has 0 bridgehead atoms. The first kappa shape index (κ1) is 17.9. The van der Waals surface area contributed by atoms with E-state index in [9.17, 15) is 0 Å². The average molecular weight is 285 g/mol. The molecule has 0 heterocycles. The van der Waals surface area contributed by atoms with E-state index in [1.165, 1.54) is 64.2 Å². The predicted octanol–water partition coefficient (Wildman–Crippen LogP) is 3.33. The van der Waals surface area contributed by atoms with E-state index in [2.05, 4.69) is 11.9 Å². The fourth-order valence-electron chi connectivity index (χ4n) is 3.27. The van der Waals surface area contributed by atoms with Crippen LogP contribution in [0.2, 0.25) is 0 Å². The summed E-state index contributed by atoms with van der Waals surface area (Å²) in [7, 11) is 2.38. The summed E-state index contributed by atoms with van der Waals surface area (Å²) in [6, 6.07) is 1.85. The standard InChI is InChI=1S/C13H25N.C4H10O2/c1-14(12-8-4-2-5-9-12)13-10-6-3-7-11-13;1-4(2,6)3-5/h12-13H,2-11H2,1H3;5-6H,3H2,1-2H3. The molecule has 2 rings (SSSR count). The van der Waals surface area contributed by atoms with Gasteiger partial charge in [0, 0.05) is 12.1 Å². The lowest BCUT2D eigenvalue weighted by atomic mass is 9.89. The number of aliphatic hydroxyl groups excluding tert-OH is 1. The number of aliphatic hydroxyl groups is 2. The van der Waals surface area contributed by atoms with Gasteiger partial charge in [-0.3, -0.25) is 0 Å². The molecule has 0 unspecified atom stereocenters. The molecule has 3 heteroatoms. The molecular formula is C17H35NO2. The smallest absolute Gasteiger partial charge is 0.0821 e. The lowest BCUT2D eigenvalue weighted by Gasteiger charge is -2.39. The van der Waals surface area contributed by atoms with E-state index in [-0.39, 0.29) is 6.61 Å². The number of hydrogen-bond acceptors (Lipinski definition) is 3. The monoisotopic (exact) mass is 285 g/mol. The Morgan fingerprint density at radius 3 is 1.40 bits per heavy atom. The minimum atomic E-state index is -0.903. The summed E-state index contributed by atoms with van der Waals surface area (Å²) >= 11 is 0. The summed E-state index contributed by atoms with van der Waals surface area (Å²) in [4.78, 5) is 2.72. The van der Waals surface area contributed by atoms with Crippen molar-refractivity contribution in [2.24, 2.45) is 0 Å². The maximum absolute atomic E-state index is 8.58. The SMILES string of the molecule is CC(C)(O)CO.CN(C1CCCCC1)C1CCCCC1. The van der Waals surface area contributed by atoms with E-state index < -0.39 is 5.60 Å². The van der Waals surface area contributed by atoms with Gasteiger partial charge in [-0.2, -0.15) is 0 Å². The molecule has 120 valence electrons. The van der Waals surface area contributed by atoms with Gasteiger partial charge >= 0.3 is 0 Å². The molecular weight excluding hydrogens is 250 g/mol. The van der Waals surface area contributed by atoms with Gasteiger partial charge in [0.15, 0.2) is 0 Å². The molecule has 2 aliphatic rings. The maximum atomic E-state index is 8.58. The zero-order valence-corrected chi connectivity index (χ0v) is 13.8. The summed E-state index contributed by atoms with van der Waals surface area (Å²) in [5, 5.41) is 16.7. The van der Waals surface area contributed by atoms with Crippen molar-refractivity contribution in [1.29, 1.82) is 0 Å². The van der Waals surface area contributed by atoms with Crippen molar-refractivity contribution in [2.75, 3.05) is 13.7 Å². The largest absolute Gasteiger partial charge is 0.393 e. The first-order valence-electron chi connectivity index (χ1n) is 8.49. The Hall–Kier alpha value is -0.120. The predicted molar refractivity (Wildman–Crippen MR) is 84.9 cm³/mol. The van der Waals surface area contributed by atoms with E-state index in [0.717, 1.165) is 12.1 Å². The van der Waals surface area contributed by atoms with Crippen LogP contribution in [0.15, 0.2) is 0 Å². The summed E-state index contributed by atoms with van der Waals surface area (Å²) in [6.45, 7) is 2.92. The fraction of sp³-hybridized carbons (Fsp3) is 1.00. The van der Waals surface area contributed by atoms with Crippen LogP contribution in [0.25, 0.3) is 0 Å². The molecule has 0 saturated heterocycles. The molecule has 0 aromatic heterocycles. The van der Waals surface area contributed by atoms with E-state index in [1.807, 2.05) is 0 Å². The van der Waals surface area contributed by atoms with Gasteiger partial charge in [0.05, 0.1) is 12.2 Å². The molecule has 0 aromatic carbocycles. The molecule has 0 aliphatic heterocycles. The summed E-state index contributed by atoms with van der Waals surface area (Å²) in [5.41, 5.74) is -0.903. The van der Waals surface area contributed by atoms with Crippen molar-refractivity contribution in [1.82, 2.24) is 4.90 Å². The average Bonchev–Trinajstić information content (AvgIpc) is 2.48. The van der Waals surface area contributed by atoms with Crippen molar-refractivity contribution in [3.8, 4) is 0 Å². The Kier molecular flexibility index (Phi) is 8.08. The molecule has 0 atom stereocenters. The quantitative estimate of drug-likeness (QED) is 0.836. The summed E-state index contributed by atoms with van der Waals surface area (Å²) in [6.07, 6.45) is 14.7. The second-order valence-corrected chi connectivity index (χ2v) is 7.22. The molecule has 2 N–H and O–H groups in total. The second-order valence-electron chi connectivity index (χ2n) is 7.22. The molecule has 2 aliphatic carbocycles. The Morgan fingerprint density at radius 2 is 1.15 bits per heavy atom. The van der Waals surface area contributed by atoms with Crippen LogP contribution >= 0.6 is 0 Å². The molecule has 0 spiro atoms. The molecule has 3 nitrogen and oxygen atoms in total. The lowest BCUT2D eigenvalue weighted by molar-refractivity contribution is 0.0183. The van der Waals surface area contributed by atoms with Crippen LogP contribution in [0.5, 0.6) is 0 Å². The Labute approximate surface area is 125 Å². The van der Waals surface area contributed by atoms with Gasteiger partial charge < -0.3 is 15.1 Å². The van der Waals surface area contributed by atoms with Crippen molar-refractivity contribution < 1.29 is 10.2 Å². The van der Waals surface area contributed by atoms with Crippen LogP contribution in [0, 0.1) is 0 Å². The highest BCUT2D eigenvalue weighted by Gasteiger charge is 2.25. The zero-order chi connectivity index (χ0) is 15.0. The Bertz CT molecular complexity index is 220. The van der Waals surface area contributed by atoms with Crippen molar-refractivity contribution in [3.05, 3.63) is 0 Å². The molecule has 0 aromatic rings. The van der Waals surface area contributed by atoms with Crippen molar-refractivity contribution in [2.45, 2.75) is 95.7 Å². The Balaban J connectivity index is 0.000000286.